The number of hydrogen-bond donors (Lipinski definition) is 0. The van der Waals surface area contributed by atoms with Crippen LogP contribution in [0.4, 0.5) is 5.69 Å². The molecule has 0 radical (unpaired) electrons. The fourth-order valence-electron chi connectivity index (χ4n) is 3.67. The average molecular weight is 444 g/mol. The Bertz CT molecular complexity index is 1280. The molecular weight excluding hydrogens is 418 g/mol. The van der Waals surface area contributed by atoms with E-state index in [0.717, 1.165) is 5.75 Å². The lowest BCUT2D eigenvalue weighted by Crippen LogP contribution is -2.32. The van der Waals surface area contributed by atoms with Crippen molar-refractivity contribution in [2.75, 3.05) is 18.1 Å². The van der Waals surface area contributed by atoms with Gasteiger partial charge in [-0.05, 0) is 63.2 Å². The number of amides is 1. The molecule has 33 heavy (non-hydrogen) atoms. The van der Waals surface area contributed by atoms with E-state index >= 15 is 0 Å². The van der Waals surface area contributed by atoms with Gasteiger partial charge in [0.05, 0.1) is 42.5 Å². The van der Waals surface area contributed by atoms with E-state index < -0.39 is 0 Å². The fourth-order valence-corrected chi connectivity index (χ4v) is 3.67. The highest BCUT2D eigenvalue weighted by Gasteiger charge is 2.24. The summed E-state index contributed by atoms with van der Waals surface area (Å²) in [6.45, 7) is 6.74. The molecule has 168 valence electrons. The molecule has 0 fully saturated rings. The molecule has 1 aromatic carbocycles. The van der Waals surface area contributed by atoms with Crippen LogP contribution in [0, 0.1) is 11.3 Å². The van der Waals surface area contributed by atoms with Crippen molar-refractivity contribution in [3.05, 3.63) is 60.5 Å². The van der Waals surface area contributed by atoms with Crippen LogP contribution in [0.25, 0.3) is 22.5 Å². The van der Waals surface area contributed by atoms with E-state index in [1.807, 2.05) is 45.0 Å². The summed E-state index contributed by atoms with van der Waals surface area (Å²) in [6.07, 6.45) is 3.44. The number of nitriles is 1. The second-order valence-corrected chi connectivity index (χ2v) is 7.74. The highest BCUT2D eigenvalue weighted by Crippen LogP contribution is 2.29. The molecule has 0 spiro atoms. The van der Waals surface area contributed by atoms with Crippen LogP contribution in [0.5, 0.6) is 5.75 Å². The summed E-state index contributed by atoms with van der Waals surface area (Å²) >= 11 is 0. The number of aromatic nitrogens is 3. The molecule has 0 atom stereocenters. The lowest BCUT2D eigenvalue weighted by molar-refractivity contribution is 0.0989. The maximum atomic E-state index is 13.9. The van der Waals surface area contributed by atoms with Gasteiger partial charge in [-0.15, -0.1) is 0 Å². The molecular formula is C25H25N5O3. The van der Waals surface area contributed by atoms with Crippen molar-refractivity contribution in [2.24, 2.45) is 0 Å². The Morgan fingerprint density at radius 1 is 1.27 bits per heavy atom. The summed E-state index contributed by atoms with van der Waals surface area (Å²) in [7, 11) is 0. The Kier molecular flexibility index (Phi) is 6.41. The first-order chi connectivity index (χ1) is 16.0. The zero-order valence-corrected chi connectivity index (χ0v) is 18.9. The highest BCUT2D eigenvalue weighted by atomic mass is 16.5. The van der Waals surface area contributed by atoms with Gasteiger partial charge in [0.25, 0.3) is 5.91 Å². The minimum Gasteiger partial charge on any atom is -0.494 e. The van der Waals surface area contributed by atoms with Crippen LogP contribution in [0.15, 0.2) is 59.3 Å². The summed E-state index contributed by atoms with van der Waals surface area (Å²) in [5.74, 6) is 1.04. The van der Waals surface area contributed by atoms with Gasteiger partial charge >= 0.3 is 0 Å². The number of ether oxygens (including phenoxy) is 1. The third-order valence-electron chi connectivity index (χ3n) is 5.21. The Morgan fingerprint density at radius 2 is 2.06 bits per heavy atom. The zero-order chi connectivity index (χ0) is 23.4. The molecule has 0 unspecified atom stereocenters. The number of carbonyl (C=O) groups is 1. The van der Waals surface area contributed by atoms with E-state index in [0.29, 0.717) is 40.3 Å². The van der Waals surface area contributed by atoms with Gasteiger partial charge in [-0.1, -0.05) is 0 Å². The van der Waals surface area contributed by atoms with Crippen LogP contribution in [0.3, 0.4) is 0 Å². The van der Waals surface area contributed by atoms with Crippen LogP contribution in [-0.4, -0.2) is 33.8 Å². The van der Waals surface area contributed by atoms with Crippen molar-refractivity contribution >= 4 is 22.6 Å². The lowest BCUT2D eigenvalue weighted by Gasteiger charge is -2.23. The van der Waals surface area contributed by atoms with Gasteiger partial charge in [-0.25, -0.2) is 9.67 Å². The largest absolute Gasteiger partial charge is 0.494 e. The molecule has 0 bridgehead atoms. The molecule has 3 heterocycles. The quantitative estimate of drug-likeness (QED) is 0.370. The molecule has 0 saturated heterocycles. The number of hydrogen-bond acceptors (Lipinski definition) is 6. The standard InChI is InChI=1S/C25H25N5O3/c1-4-32-19-10-8-18(9-11-19)29(13-6-12-26)25(31)20-15-22(23-7-5-14-33-23)28-24-21(20)16-27-30(24)17(2)3/h5,7-11,14-17H,4,6,13H2,1-3H3. The monoisotopic (exact) mass is 443 g/mol. The number of furan rings is 1. The van der Waals surface area contributed by atoms with Crippen LogP contribution in [0.1, 0.15) is 43.6 Å². The number of nitrogens with zero attached hydrogens (tertiary/aromatic N) is 5. The number of benzene rings is 1. The number of carbonyl (C=O) groups excluding carboxylic acids is 1. The van der Waals surface area contributed by atoms with Crippen molar-refractivity contribution in [3.8, 4) is 23.3 Å². The normalized spacial score (nSPS) is 11.0. The number of anilines is 1. The topological polar surface area (TPSA) is 97.2 Å². The summed E-state index contributed by atoms with van der Waals surface area (Å²) in [4.78, 5) is 20.2. The third-order valence-corrected chi connectivity index (χ3v) is 5.21. The molecule has 4 aromatic rings. The van der Waals surface area contributed by atoms with Crippen molar-refractivity contribution in [1.29, 1.82) is 5.26 Å². The van der Waals surface area contributed by atoms with Crippen molar-refractivity contribution in [2.45, 2.75) is 33.2 Å². The van der Waals surface area contributed by atoms with Crippen molar-refractivity contribution in [3.63, 3.8) is 0 Å². The van der Waals surface area contributed by atoms with Gasteiger partial charge in [0.15, 0.2) is 11.4 Å². The van der Waals surface area contributed by atoms with Crippen LogP contribution >= 0.6 is 0 Å². The fraction of sp³-hybridized carbons (Fsp3) is 0.280. The molecule has 0 aliphatic carbocycles. The number of fused-ring (bicyclic) bond motifs is 1. The first kappa shape index (κ1) is 22.1. The van der Waals surface area contributed by atoms with E-state index in [1.54, 1.807) is 40.2 Å². The molecule has 1 amide bonds. The van der Waals surface area contributed by atoms with Crippen LogP contribution in [-0.2, 0) is 0 Å². The van der Waals surface area contributed by atoms with E-state index in [4.69, 9.17) is 14.1 Å². The summed E-state index contributed by atoms with van der Waals surface area (Å²) in [6, 6.07) is 14.8. The zero-order valence-electron chi connectivity index (χ0n) is 18.9. The van der Waals surface area contributed by atoms with Gasteiger partial charge in [-0.2, -0.15) is 10.4 Å². The van der Waals surface area contributed by atoms with Crippen LogP contribution in [0.2, 0.25) is 0 Å². The summed E-state index contributed by atoms with van der Waals surface area (Å²) in [5.41, 5.74) is 2.28. The maximum absolute atomic E-state index is 13.9. The SMILES string of the molecule is CCOc1ccc(N(CCC#N)C(=O)c2cc(-c3ccco3)nc3c2cnn3C(C)C)cc1. The van der Waals surface area contributed by atoms with E-state index in [2.05, 4.69) is 11.2 Å². The Labute approximate surface area is 192 Å². The maximum Gasteiger partial charge on any atom is 0.259 e. The van der Waals surface area contributed by atoms with Gasteiger partial charge < -0.3 is 14.1 Å². The van der Waals surface area contributed by atoms with E-state index in [1.165, 1.54) is 0 Å². The molecule has 0 N–H and O–H groups in total. The van der Waals surface area contributed by atoms with Gasteiger partial charge in [-0.3, -0.25) is 4.79 Å². The van der Waals surface area contributed by atoms with Gasteiger partial charge in [0.2, 0.25) is 0 Å². The third kappa shape index (κ3) is 4.44. The minimum atomic E-state index is -0.238. The molecule has 3 aromatic heterocycles. The predicted molar refractivity (Wildman–Crippen MR) is 125 cm³/mol. The van der Waals surface area contributed by atoms with E-state index in [9.17, 15) is 10.1 Å². The Balaban J connectivity index is 1.83. The predicted octanol–water partition coefficient (Wildman–Crippen LogP) is 5.23. The molecule has 4 rings (SSSR count). The van der Waals surface area contributed by atoms with Gasteiger partial charge in [0, 0.05) is 18.3 Å². The highest BCUT2D eigenvalue weighted by molar-refractivity contribution is 6.13. The minimum absolute atomic E-state index is 0.0607. The first-order valence-corrected chi connectivity index (χ1v) is 10.9. The molecule has 0 aliphatic rings. The lowest BCUT2D eigenvalue weighted by atomic mass is 10.1. The second kappa shape index (κ2) is 9.57. The summed E-state index contributed by atoms with van der Waals surface area (Å²) in [5, 5.41) is 14.3. The number of rotatable bonds is 8. The molecule has 8 heteroatoms. The van der Waals surface area contributed by atoms with Crippen LogP contribution < -0.4 is 9.64 Å². The summed E-state index contributed by atoms with van der Waals surface area (Å²) < 4.78 is 12.9. The molecule has 8 nitrogen and oxygen atoms in total. The first-order valence-electron chi connectivity index (χ1n) is 10.9. The van der Waals surface area contributed by atoms with Crippen molar-refractivity contribution in [1.82, 2.24) is 14.8 Å². The van der Waals surface area contributed by atoms with Gasteiger partial charge in [0.1, 0.15) is 11.4 Å². The molecule has 0 saturated carbocycles. The average Bonchev–Trinajstić information content (AvgIpc) is 3.50. The van der Waals surface area contributed by atoms with Crippen molar-refractivity contribution < 1.29 is 13.9 Å². The molecule has 0 aliphatic heterocycles. The smallest absolute Gasteiger partial charge is 0.259 e. The Hall–Kier alpha value is -4.12. The van der Waals surface area contributed by atoms with E-state index in [-0.39, 0.29) is 24.9 Å². The Morgan fingerprint density at radius 3 is 2.70 bits per heavy atom. The second-order valence-electron chi connectivity index (χ2n) is 7.74. The number of pyridine rings is 1.